The molecule has 27 heavy (non-hydrogen) atoms. The van der Waals surface area contributed by atoms with Crippen LogP contribution in [0.25, 0.3) is 0 Å². The topological polar surface area (TPSA) is 51.7 Å². The van der Waals surface area contributed by atoms with E-state index in [1.165, 1.54) is 11.3 Å². The Balaban J connectivity index is 1.69. The Morgan fingerprint density at radius 3 is 2.63 bits per heavy atom. The van der Waals surface area contributed by atoms with Crippen molar-refractivity contribution in [3.63, 3.8) is 0 Å². The fourth-order valence-electron chi connectivity index (χ4n) is 2.54. The molecule has 0 N–H and O–H groups in total. The van der Waals surface area contributed by atoms with Crippen molar-refractivity contribution in [3.8, 4) is 11.5 Å². The average Bonchev–Trinajstić information content (AvgIpc) is 3.21. The number of aromatic nitrogens is 1. The Bertz CT molecular complexity index is 898. The summed E-state index contributed by atoms with van der Waals surface area (Å²) in [5.74, 6) is 0.979. The Hall–Kier alpha value is -2.57. The Morgan fingerprint density at radius 1 is 1.19 bits per heavy atom. The van der Waals surface area contributed by atoms with Crippen LogP contribution in [0.3, 0.4) is 0 Å². The lowest BCUT2D eigenvalue weighted by atomic mass is 10.1. The molecule has 0 unspecified atom stereocenters. The second kappa shape index (κ2) is 8.88. The molecular formula is C20H19ClN2O3S. The van der Waals surface area contributed by atoms with Crippen LogP contribution in [-0.4, -0.2) is 29.9 Å². The van der Waals surface area contributed by atoms with Crippen LogP contribution in [0, 0.1) is 0 Å². The number of thiazole rings is 1. The predicted molar refractivity (Wildman–Crippen MR) is 107 cm³/mol. The maximum absolute atomic E-state index is 12.7. The van der Waals surface area contributed by atoms with Gasteiger partial charge < -0.3 is 14.4 Å². The van der Waals surface area contributed by atoms with Crippen LogP contribution >= 0.6 is 22.9 Å². The van der Waals surface area contributed by atoms with Gasteiger partial charge >= 0.3 is 0 Å². The van der Waals surface area contributed by atoms with Gasteiger partial charge in [0, 0.05) is 29.6 Å². The lowest BCUT2D eigenvalue weighted by Gasteiger charge is -2.18. The Kier molecular flexibility index (Phi) is 6.32. The summed E-state index contributed by atoms with van der Waals surface area (Å²) in [5, 5.41) is 2.60. The first-order valence-corrected chi connectivity index (χ1v) is 9.56. The number of methoxy groups -OCH3 is 1. The molecule has 7 heteroatoms. The molecule has 1 amide bonds. The van der Waals surface area contributed by atoms with Gasteiger partial charge in [-0.15, -0.1) is 11.3 Å². The van der Waals surface area contributed by atoms with Crippen molar-refractivity contribution in [1.29, 1.82) is 0 Å². The zero-order chi connectivity index (χ0) is 19.2. The van der Waals surface area contributed by atoms with E-state index in [0.717, 1.165) is 11.3 Å². The third kappa shape index (κ3) is 4.99. The Labute approximate surface area is 167 Å². The van der Waals surface area contributed by atoms with E-state index in [9.17, 15) is 4.79 Å². The van der Waals surface area contributed by atoms with Gasteiger partial charge in [-0.1, -0.05) is 23.7 Å². The van der Waals surface area contributed by atoms with Crippen molar-refractivity contribution in [2.45, 2.75) is 13.2 Å². The van der Waals surface area contributed by atoms with E-state index in [4.69, 9.17) is 21.1 Å². The zero-order valence-electron chi connectivity index (χ0n) is 15.0. The maximum atomic E-state index is 12.7. The molecule has 0 radical (unpaired) electrons. The van der Waals surface area contributed by atoms with E-state index in [1.807, 2.05) is 29.6 Å². The van der Waals surface area contributed by atoms with Crippen molar-refractivity contribution >= 4 is 28.8 Å². The molecule has 0 spiro atoms. The van der Waals surface area contributed by atoms with E-state index in [1.54, 1.807) is 42.8 Å². The first-order valence-electron chi connectivity index (χ1n) is 8.24. The quantitative estimate of drug-likeness (QED) is 0.577. The largest absolute Gasteiger partial charge is 0.493 e. The Morgan fingerprint density at radius 2 is 1.96 bits per heavy atom. The standard InChI is InChI=1S/C20H19ClN2O3S/c1-23(10-14-3-6-16(21)7-4-14)20(24)15-5-8-18(19(9-15)25-2)26-11-17-12-27-13-22-17/h3-9,12-13H,10-11H2,1-2H3. The average molecular weight is 403 g/mol. The summed E-state index contributed by atoms with van der Waals surface area (Å²) in [6.45, 7) is 0.837. The highest BCUT2D eigenvalue weighted by Crippen LogP contribution is 2.29. The number of rotatable bonds is 7. The minimum absolute atomic E-state index is 0.102. The smallest absolute Gasteiger partial charge is 0.254 e. The third-order valence-corrected chi connectivity index (χ3v) is 4.84. The van der Waals surface area contributed by atoms with Gasteiger partial charge in [0.05, 0.1) is 18.3 Å². The van der Waals surface area contributed by atoms with E-state index in [0.29, 0.717) is 35.2 Å². The monoisotopic (exact) mass is 402 g/mol. The summed E-state index contributed by atoms with van der Waals surface area (Å²) in [6, 6.07) is 12.6. The van der Waals surface area contributed by atoms with Crippen LogP contribution in [0.15, 0.2) is 53.4 Å². The molecule has 1 aromatic heterocycles. The van der Waals surface area contributed by atoms with Gasteiger partial charge in [0.25, 0.3) is 5.91 Å². The molecule has 0 aliphatic rings. The number of amides is 1. The number of halogens is 1. The first kappa shape index (κ1) is 19.2. The lowest BCUT2D eigenvalue weighted by molar-refractivity contribution is 0.0784. The third-order valence-electron chi connectivity index (χ3n) is 3.95. The number of benzene rings is 2. The number of hydrogen-bond acceptors (Lipinski definition) is 5. The zero-order valence-corrected chi connectivity index (χ0v) is 16.6. The van der Waals surface area contributed by atoms with E-state index < -0.39 is 0 Å². The van der Waals surface area contributed by atoms with Gasteiger partial charge in [0.1, 0.15) is 6.61 Å². The molecule has 0 saturated carbocycles. The maximum Gasteiger partial charge on any atom is 0.254 e. The number of hydrogen-bond donors (Lipinski definition) is 0. The summed E-state index contributed by atoms with van der Waals surface area (Å²) in [6.07, 6.45) is 0. The van der Waals surface area contributed by atoms with E-state index >= 15 is 0 Å². The van der Waals surface area contributed by atoms with Crippen LogP contribution in [0.1, 0.15) is 21.6 Å². The predicted octanol–water partition coefficient (Wildman–Crippen LogP) is 4.66. The second-order valence-electron chi connectivity index (χ2n) is 5.92. The highest BCUT2D eigenvalue weighted by Gasteiger charge is 2.15. The van der Waals surface area contributed by atoms with Gasteiger partial charge in [-0.3, -0.25) is 4.79 Å². The lowest BCUT2D eigenvalue weighted by Crippen LogP contribution is -2.26. The molecule has 0 atom stereocenters. The van der Waals surface area contributed by atoms with Crippen LogP contribution < -0.4 is 9.47 Å². The highest BCUT2D eigenvalue weighted by molar-refractivity contribution is 7.07. The van der Waals surface area contributed by atoms with E-state index in [2.05, 4.69) is 4.98 Å². The summed E-state index contributed by atoms with van der Waals surface area (Å²) in [4.78, 5) is 18.6. The molecule has 2 aromatic carbocycles. The molecule has 5 nitrogen and oxygen atoms in total. The van der Waals surface area contributed by atoms with Crippen molar-refractivity contribution in [2.24, 2.45) is 0 Å². The fraction of sp³-hybridized carbons (Fsp3) is 0.200. The molecule has 3 aromatic rings. The van der Waals surface area contributed by atoms with Crippen LogP contribution in [0.5, 0.6) is 11.5 Å². The summed E-state index contributed by atoms with van der Waals surface area (Å²) in [7, 11) is 3.31. The number of carbonyl (C=O) groups excluding carboxylic acids is 1. The van der Waals surface area contributed by atoms with Gasteiger partial charge in [-0.2, -0.15) is 0 Å². The molecular weight excluding hydrogens is 384 g/mol. The van der Waals surface area contributed by atoms with Crippen LogP contribution in [0.2, 0.25) is 5.02 Å². The highest BCUT2D eigenvalue weighted by atomic mass is 35.5. The van der Waals surface area contributed by atoms with Crippen molar-refractivity contribution in [2.75, 3.05) is 14.2 Å². The molecule has 0 saturated heterocycles. The van der Waals surface area contributed by atoms with Crippen molar-refractivity contribution in [1.82, 2.24) is 9.88 Å². The molecule has 0 aliphatic heterocycles. The summed E-state index contributed by atoms with van der Waals surface area (Å²) < 4.78 is 11.1. The second-order valence-corrected chi connectivity index (χ2v) is 7.08. The SMILES string of the molecule is COc1cc(C(=O)N(C)Cc2ccc(Cl)cc2)ccc1OCc1cscn1. The number of carbonyl (C=O) groups is 1. The molecule has 140 valence electrons. The molecule has 0 bridgehead atoms. The van der Waals surface area contributed by atoms with Crippen LogP contribution in [0.4, 0.5) is 0 Å². The van der Waals surface area contributed by atoms with Crippen molar-refractivity contribution in [3.05, 3.63) is 75.2 Å². The normalized spacial score (nSPS) is 10.5. The summed E-state index contributed by atoms with van der Waals surface area (Å²) in [5.41, 5.74) is 4.15. The molecule has 3 rings (SSSR count). The van der Waals surface area contributed by atoms with Gasteiger partial charge in [0.2, 0.25) is 0 Å². The van der Waals surface area contributed by atoms with Crippen molar-refractivity contribution < 1.29 is 14.3 Å². The van der Waals surface area contributed by atoms with Gasteiger partial charge in [0.15, 0.2) is 11.5 Å². The number of ether oxygens (including phenoxy) is 2. The van der Waals surface area contributed by atoms with Gasteiger partial charge in [-0.05, 0) is 35.9 Å². The molecule has 0 aliphatic carbocycles. The number of nitrogens with zero attached hydrogens (tertiary/aromatic N) is 2. The molecule has 1 heterocycles. The minimum Gasteiger partial charge on any atom is -0.493 e. The van der Waals surface area contributed by atoms with E-state index in [-0.39, 0.29) is 5.91 Å². The first-order chi connectivity index (χ1) is 13.1. The van der Waals surface area contributed by atoms with Gasteiger partial charge in [-0.25, -0.2) is 4.98 Å². The summed E-state index contributed by atoms with van der Waals surface area (Å²) >= 11 is 7.42. The van der Waals surface area contributed by atoms with Crippen LogP contribution in [-0.2, 0) is 13.2 Å². The molecule has 0 fully saturated rings. The fourth-order valence-corrected chi connectivity index (χ4v) is 3.21. The minimum atomic E-state index is -0.102.